The lowest BCUT2D eigenvalue weighted by Crippen LogP contribution is -2.41. The highest BCUT2D eigenvalue weighted by Crippen LogP contribution is 2.36. The Kier molecular flexibility index (Phi) is 5.37. The first-order chi connectivity index (χ1) is 13.9. The largest absolute Gasteiger partial charge is 0.352 e. The predicted octanol–water partition coefficient (Wildman–Crippen LogP) is 4.37. The van der Waals surface area contributed by atoms with E-state index in [-0.39, 0.29) is 23.3 Å². The molecule has 2 heterocycles. The van der Waals surface area contributed by atoms with Crippen molar-refractivity contribution in [2.75, 3.05) is 13.1 Å². The summed E-state index contributed by atoms with van der Waals surface area (Å²) < 4.78 is 0. The third-order valence-corrected chi connectivity index (χ3v) is 6.06. The number of aromatic nitrogens is 1. The molecule has 29 heavy (non-hydrogen) atoms. The Labute approximate surface area is 173 Å². The van der Waals surface area contributed by atoms with Gasteiger partial charge in [-0.25, -0.2) is 0 Å². The van der Waals surface area contributed by atoms with E-state index in [1.54, 1.807) is 6.20 Å². The second kappa shape index (κ2) is 7.96. The summed E-state index contributed by atoms with van der Waals surface area (Å²) in [5.41, 5.74) is 2.42. The van der Waals surface area contributed by atoms with E-state index in [2.05, 4.69) is 72.4 Å². The van der Waals surface area contributed by atoms with E-state index >= 15 is 0 Å². The van der Waals surface area contributed by atoms with Crippen LogP contribution in [0.4, 0.5) is 0 Å². The molecule has 0 radical (unpaired) electrons. The van der Waals surface area contributed by atoms with Gasteiger partial charge < -0.3 is 5.32 Å². The molecule has 1 aromatic heterocycles. The van der Waals surface area contributed by atoms with Crippen molar-refractivity contribution in [2.45, 2.75) is 38.8 Å². The third kappa shape index (κ3) is 4.18. The maximum Gasteiger partial charge on any atom is 0.225 e. The SMILES string of the molecule is CC(C)(C)N1C[C@H](C(=O)NCc2cccc3cnccc23)[C@@H](c2ccccc2)C1. The van der Waals surface area contributed by atoms with Crippen LogP contribution >= 0.6 is 0 Å². The monoisotopic (exact) mass is 387 g/mol. The fourth-order valence-corrected chi connectivity index (χ4v) is 4.31. The van der Waals surface area contributed by atoms with Crippen molar-refractivity contribution < 1.29 is 4.79 Å². The summed E-state index contributed by atoms with van der Waals surface area (Å²) >= 11 is 0. The van der Waals surface area contributed by atoms with E-state index in [0.29, 0.717) is 6.54 Å². The molecule has 0 saturated carbocycles. The molecule has 0 aliphatic carbocycles. The van der Waals surface area contributed by atoms with E-state index in [0.717, 1.165) is 29.4 Å². The zero-order valence-corrected chi connectivity index (χ0v) is 17.4. The van der Waals surface area contributed by atoms with Gasteiger partial charge in [0.2, 0.25) is 5.91 Å². The fourth-order valence-electron chi connectivity index (χ4n) is 4.31. The van der Waals surface area contributed by atoms with Crippen LogP contribution in [0.5, 0.6) is 0 Å². The highest BCUT2D eigenvalue weighted by atomic mass is 16.1. The van der Waals surface area contributed by atoms with Gasteiger partial charge in [0, 0.05) is 48.9 Å². The minimum absolute atomic E-state index is 0.0463. The maximum atomic E-state index is 13.3. The lowest BCUT2D eigenvalue weighted by Gasteiger charge is -2.31. The first-order valence-corrected chi connectivity index (χ1v) is 10.3. The van der Waals surface area contributed by atoms with Crippen LogP contribution in [0.15, 0.2) is 67.0 Å². The van der Waals surface area contributed by atoms with E-state index < -0.39 is 0 Å². The van der Waals surface area contributed by atoms with Gasteiger partial charge in [-0.05, 0) is 43.4 Å². The van der Waals surface area contributed by atoms with Crippen molar-refractivity contribution in [3.63, 3.8) is 0 Å². The number of pyridine rings is 1. The maximum absolute atomic E-state index is 13.3. The van der Waals surface area contributed by atoms with Gasteiger partial charge in [-0.15, -0.1) is 0 Å². The minimum Gasteiger partial charge on any atom is -0.352 e. The first kappa shape index (κ1) is 19.6. The summed E-state index contributed by atoms with van der Waals surface area (Å²) in [5, 5.41) is 5.46. The van der Waals surface area contributed by atoms with Crippen LogP contribution in [0.2, 0.25) is 0 Å². The van der Waals surface area contributed by atoms with E-state index in [1.807, 2.05) is 24.4 Å². The second-order valence-electron chi connectivity index (χ2n) is 8.93. The smallest absolute Gasteiger partial charge is 0.225 e. The number of likely N-dealkylation sites (tertiary alicyclic amines) is 1. The molecule has 1 fully saturated rings. The van der Waals surface area contributed by atoms with E-state index in [9.17, 15) is 4.79 Å². The minimum atomic E-state index is -0.0479. The van der Waals surface area contributed by atoms with Crippen LogP contribution in [-0.2, 0) is 11.3 Å². The van der Waals surface area contributed by atoms with Crippen LogP contribution in [0, 0.1) is 5.92 Å². The number of hydrogen-bond donors (Lipinski definition) is 1. The summed E-state index contributed by atoms with van der Waals surface area (Å²) in [6.07, 6.45) is 3.67. The molecule has 1 aliphatic rings. The van der Waals surface area contributed by atoms with Crippen LogP contribution in [0.25, 0.3) is 10.8 Å². The number of fused-ring (bicyclic) bond motifs is 1. The van der Waals surface area contributed by atoms with Gasteiger partial charge >= 0.3 is 0 Å². The lowest BCUT2D eigenvalue weighted by molar-refractivity contribution is -0.125. The van der Waals surface area contributed by atoms with Crippen molar-refractivity contribution in [3.8, 4) is 0 Å². The second-order valence-corrected chi connectivity index (χ2v) is 8.93. The van der Waals surface area contributed by atoms with Gasteiger partial charge in [0.1, 0.15) is 0 Å². The Morgan fingerprint density at radius 2 is 1.86 bits per heavy atom. The molecule has 150 valence electrons. The zero-order chi connectivity index (χ0) is 20.4. The Morgan fingerprint density at radius 3 is 2.62 bits per heavy atom. The van der Waals surface area contributed by atoms with Crippen LogP contribution in [0.3, 0.4) is 0 Å². The molecule has 4 heteroatoms. The fraction of sp³-hybridized carbons (Fsp3) is 0.360. The van der Waals surface area contributed by atoms with Crippen molar-refractivity contribution in [1.82, 2.24) is 15.2 Å². The van der Waals surface area contributed by atoms with Gasteiger partial charge in [-0.3, -0.25) is 14.7 Å². The summed E-state index contributed by atoms with van der Waals surface area (Å²) in [4.78, 5) is 19.9. The number of nitrogens with zero attached hydrogens (tertiary/aromatic N) is 2. The van der Waals surface area contributed by atoms with Crippen LogP contribution in [0.1, 0.15) is 37.8 Å². The number of carbonyl (C=O) groups is 1. The number of carbonyl (C=O) groups excluding carboxylic acids is 1. The molecule has 4 rings (SSSR count). The molecule has 0 spiro atoms. The molecular weight excluding hydrogens is 358 g/mol. The summed E-state index contributed by atoms with van der Waals surface area (Å²) in [7, 11) is 0. The van der Waals surface area contributed by atoms with Crippen molar-refractivity contribution >= 4 is 16.7 Å². The van der Waals surface area contributed by atoms with Crippen LogP contribution in [-0.4, -0.2) is 34.4 Å². The van der Waals surface area contributed by atoms with E-state index in [1.165, 1.54) is 5.56 Å². The lowest BCUT2D eigenvalue weighted by atomic mass is 9.88. The molecule has 3 aromatic rings. The molecule has 0 bridgehead atoms. The molecule has 0 unspecified atom stereocenters. The molecule has 1 N–H and O–H groups in total. The zero-order valence-electron chi connectivity index (χ0n) is 17.4. The van der Waals surface area contributed by atoms with Gasteiger partial charge in [0.25, 0.3) is 0 Å². The van der Waals surface area contributed by atoms with Gasteiger partial charge in [0.05, 0.1) is 5.92 Å². The number of amides is 1. The quantitative estimate of drug-likeness (QED) is 0.723. The molecular formula is C25H29N3O. The van der Waals surface area contributed by atoms with Crippen molar-refractivity contribution in [2.24, 2.45) is 5.92 Å². The highest BCUT2D eigenvalue weighted by Gasteiger charge is 2.41. The van der Waals surface area contributed by atoms with Crippen molar-refractivity contribution in [1.29, 1.82) is 0 Å². The summed E-state index contributed by atoms with van der Waals surface area (Å²) in [6.45, 7) is 8.89. The van der Waals surface area contributed by atoms with Crippen LogP contribution < -0.4 is 5.32 Å². The Hall–Kier alpha value is -2.72. The standard InChI is InChI=1S/C25H29N3O/c1-25(2,3)28-16-22(18-8-5-4-6-9-18)23(17-28)24(29)27-15-20-11-7-10-19-14-26-13-12-21(19)20/h4-14,22-23H,15-17H2,1-3H3,(H,27,29)/t22-,23+/m1/s1. The topological polar surface area (TPSA) is 45.2 Å². The van der Waals surface area contributed by atoms with Gasteiger partial charge in [0.15, 0.2) is 0 Å². The third-order valence-electron chi connectivity index (χ3n) is 6.06. The molecule has 2 aromatic carbocycles. The number of rotatable bonds is 4. The highest BCUT2D eigenvalue weighted by molar-refractivity contribution is 5.86. The average Bonchev–Trinajstić information content (AvgIpc) is 3.19. The molecule has 1 amide bonds. The predicted molar refractivity (Wildman–Crippen MR) is 118 cm³/mol. The molecule has 4 nitrogen and oxygen atoms in total. The number of hydrogen-bond acceptors (Lipinski definition) is 3. The van der Waals surface area contributed by atoms with Crippen molar-refractivity contribution in [3.05, 3.63) is 78.1 Å². The molecule has 1 saturated heterocycles. The average molecular weight is 388 g/mol. The number of benzene rings is 2. The normalized spacial score (nSPS) is 20.1. The molecule has 1 aliphatic heterocycles. The number of nitrogens with one attached hydrogen (secondary N) is 1. The first-order valence-electron chi connectivity index (χ1n) is 10.3. The van der Waals surface area contributed by atoms with E-state index in [4.69, 9.17) is 0 Å². The van der Waals surface area contributed by atoms with Gasteiger partial charge in [-0.2, -0.15) is 0 Å². The Bertz CT molecular complexity index is 988. The Balaban J connectivity index is 1.54. The van der Waals surface area contributed by atoms with Gasteiger partial charge in [-0.1, -0.05) is 48.5 Å². The summed E-state index contributed by atoms with van der Waals surface area (Å²) in [6, 6.07) is 18.6. The summed E-state index contributed by atoms with van der Waals surface area (Å²) in [5.74, 6) is 0.303. The molecule has 2 atom stereocenters. The Morgan fingerprint density at radius 1 is 1.07 bits per heavy atom.